The Balaban J connectivity index is -0.0000000674. The molecule has 0 radical (unpaired) electrons. The molecular formula is C22H46Cl2Mg2. The summed E-state index contributed by atoms with van der Waals surface area (Å²) in [6, 6.07) is 0. The summed E-state index contributed by atoms with van der Waals surface area (Å²) in [5.74, 6) is 0. The van der Waals surface area contributed by atoms with Crippen LogP contribution in [0.4, 0.5) is 0 Å². The smallest absolute Gasteiger partial charge is 1.00 e. The summed E-state index contributed by atoms with van der Waals surface area (Å²) in [7, 11) is 0. The molecule has 0 fully saturated rings. The maximum absolute atomic E-state index is 3.84. The van der Waals surface area contributed by atoms with Gasteiger partial charge in [0, 0.05) is 0 Å². The van der Waals surface area contributed by atoms with Gasteiger partial charge >= 0.3 is 46.1 Å². The molecule has 0 saturated carbocycles. The van der Waals surface area contributed by atoms with Crippen molar-refractivity contribution in [3.05, 3.63) is 13.8 Å². The predicted molar refractivity (Wildman–Crippen MR) is 117 cm³/mol. The third-order valence-corrected chi connectivity index (χ3v) is 4.21. The first-order valence-electron chi connectivity index (χ1n) is 10.4. The predicted octanol–water partition coefficient (Wildman–Crippen LogP) is 1.95. The molecular weight excluding hydrogens is 384 g/mol. The van der Waals surface area contributed by atoms with Crippen molar-refractivity contribution in [2.75, 3.05) is 0 Å². The van der Waals surface area contributed by atoms with Gasteiger partial charge in [0.25, 0.3) is 0 Å². The topological polar surface area (TPSA) is 0 Å². The summed E-state index contributed by atoms with van der Waals surface area (Å²) in [5, 5.41) is 0. The Bertz CT molecular complexity index is 152. The Kier molecular flexibility index (Phi) is 74.3. The van der Waals surface area contributed by atoms with E-state index in [1.165, 1.54) is 103 Å². The fraction of sp³-hybridized carbons (Fsp3) is 0.909. The monoisotopic (exact) mass is 428 g/mol. The Labute approximate surface area is 212 Å². The molecule has 0 spiro atoms. The van der Waals surface area contributed by atoms with Gasteiger partial charge in [-0.1, -0.05) is 117 Å². The fourth-order valence-corrected chi connectivity index (χ4v) is 2.62. The van der Waals surface area contributed by atoms with Crippen molar-refractivity contribution in [2.24, 2.45) is 0 Å². The standard InChI is InChI=1S/C12H25.C10H21.2ClH.2Mg/c1-3-5-7-9-11-12-10-8-6-4-2;1-3-5-7-9-10-8-6-4-2;;;;/h1,3-12H2,2H3;1,3-10H2,2H3;2*1H;;/q2*-1;;;2*+2/p-2. The summed E-state index contributed by atoms with van der Waals surface area (Å²) in [5.41, 5.74) is 0. The van der Waals surface area contributed by atoms with Gasteiger partial charge in [0.2, 0.25) is 0 Å². The van der Waals surface area contributed by atoms with E-state index < -0.39 is 0 Å². The van der Waals surface area contributed by atoms with Crippen LogP contribution < -0.4 is 24.8 Å². The second-order valence-corrected chi connectivity index (χ2v) is 6.66. The van der Waals surface area contributed by atoms with Crippen LogP contribution in [-0.4, -0.2) is 46.1 Å². The van der Waals surface area contributed by atoms with E-state index in [0.29, 0.717) is 0 Å². The summed E-state index contributed by atoms with van der Waals surface area (Å²) in [4.78, 5) is 0. The number of unbranched alkanes of at least 4 members (excludes halogenated alkanes) is 16. The third-order valence-electron chi connectivity index (χ3n) is 4.21. The zero-order valence-corrected chi connectivity index (χ0v) is 22.7. The van der Waals surface area contributed by atoms with Gasteiger partial charge in [-0.3, -0.25) is 0 Å². The van der Waals surface area contributed by atoms with Crippen molar-refractivity contribution >= 4 is 46.1 Å². The average molecular weight is 430 g/mol. The molecule has 4 heteroatoms. The van der Waals surface area contributed by atoms with Crippen molar-refractivity contribution < 1.29 is 24.8 Å². The fourth-order valence-electron chi connectivity index (χ4n) is 2.62. The molecule has 0 unspecified atom stereocenters. The summed E-state index contributed by atoms with van der Waals surface area (Å²) in [6.07, 6.45) is 24.8. The molecule has 0 nitrogen and oxygen atoms in total. The Hall–Kier alpha value is 2.11. The minimum absolute atomic E-state index is 0. The average Bonchev–Trinajstić information content (AvgIpc) is 2.54. The first kappa shape index (κ1) is 42.3. The molecule has 0 amide bonds. The van der Waals surface area contributed by atoms with E-state index >= 15 is 0 Å². The molecule has 0 aromatic rings. The van der Waals surface area contributed by atoms with Gasteiger partial charge in [-0.05, 0) is 0 Å². The quantitative estimate of drug-likeness (QED) is 0.200. The van der Waals surface area contributed by atoms with Gasteiger partial charge in [-0.2, -0.15) is 12.8 Å². The number of hydrogen-bond donors (Lipinski definition) is 0. The largest absolute Gasteiger partial charge is 2.00 e. The van der Waals surface area contributed by atoms with E-state index in [2.05, 4.69) is 27.7 Å². The molecule has 26 heavy (non-hydrogen) atoms. The van der Waals surface area contributed by atoms with Gasteiger partial charge in [-0.15, -0.1) is 0 Å². The van der Waals surface area contributed by atoms with Gasteiger partial charge in [0.1, 0.15) is 0 Å². The molecule has 0 aliphatic heterocycles. The van der Waals surface area contributed by atoms with Gasteiger partial charge in [0.15, 0.2) is 0 Å². The van der Waals surface area contributed by atoms with Crippen molar-refractivity contribution in [2.45, 2.75) is 129 Å². The third kappa shape index (κ3) is 50.2. The number of hydrogen-bond acceptors (Lipinski definition) is 0. The van der Waals surface area contributed by atoms with Crippen LogP contribution in [0, 0.1) is 13.8 Å². The van der Waals surface area contributed by atoms with E-state index in [1.54, 1.807) is 0 Å². The normalized spacial score (nSPS) is 8.77. The van der Waals surface area contributed by atoms with Crippen LogP contribution in [0.15, 0.2) is 0 Å². The zero-order valence-electron chi connectivity index (χ0n) is 18.3. The molecule has 0 aromatic carbocycles. The maximum Gasteiger partial charge on any atom is 2.00 e. The first-order valence-corrected chi connectivity index (χ1v) is 10.4. The molecule has 0 saturated heterocycles. The molecule has 0 heterocycles. The van der Waals surface area contributed by atoms with Crippen LogP contribution in [0.1, 0.15) is 129 Å². The van der Waals surface area contributed by atoms with Gasteiger partial charge < -0.3 is 38.7 Å². The molecule has 0 bridgehead atoms. The first-order chi connectivity index (χ1) is 10.8. The molecule has 0 aliphatic rings. The summed E-state index contributed by atoms with van der Waals surface area (Å²) >= 11 is 0. The van der Waals surface area contributed by atoms with Gasteiger partial charge in [0.05, 0.1) is 0 Å². The molecule has 0 aliphatic carbocycles. The van der Waals surface area contributed by atoms with Gasteiger partial charge in [-0.25, -0.2) is 0 Å². The second-order valence-electron chi connectivity index (χ2n) is 6.66. The van der Waals surface area contributed by atoms with E-state index in [1.807, 2.05) is 0 Å². The summed E-state index contributed by atoms with van der Waals surface area (Å²) in [6.45, 7) is 12.2. The number of halogens is 2. The maximum atomic E-state index is 3.84. The van der Waals surface area contributed by atoms with E-state index in [-0.39, 0.29) is 70.9 Å². The number of rotatable bonds is 16. The van der Waals surface area contributed by atoms with Crippen molar-refractivity contribution in [3.8, 4) is 0 Å². The van der Waals surface area contributed by atoms with Crippen LogP contribution in [-0.2, 0) is 0 Å². The minimum Gasteiger partial charge on any atom is -1.00 e. The molecule has 0 N–H and O–H groups in total. The molecule has 0 aromatic heterocycles. The Morgan fingerprint density at radius 1 is 0.385 bits per heavy atom. The molecule has 0 rings (SSSR count). The van der Waals surface area contributed by atoms with E-state index in [0.717, 1.165) is 12.8 Å². The van der Waals surface area contributed by atoms with Crippen LogP contribution in [0.25, 0.3) is 0 Å². The van der Waals surface area contributed by atoms with E-state index in [4.69, 9.17) is 0 Å². The van der Waals surface area contributed by atoms with Crippen LogP contribution in [0.3, 0.4) is 0 Å². The Morgan fingerprint density at radius 2 is 0.577 bits per heavy atom. The van der Waals surface area contributed by atoms with Crippen LogP contribution in [0.2, 0.25) is 0 Å². The zero-order chi connectivity index (χ0) is 16.7. The van der Waals surface area contributed by atoms with Crippen molar-refractivity contribution in [3.63, 3.8) is 0 Å². The molecule has 152 valence electrons. The SMILES string of the molecule is [CH2-]CCCCCCCCC.[CH2-]CCCCCCCCCCC.[Cl-].[Cl-].[Mg+2].[Mg+2]. The summed E-state index contributed by atoms with van der Waals surface area (Å²) < 4.78 is 0. The van der Waals surface area contributed by atoms with Crippen molar-refractivity contribution in [1.82, 2.24) is 0 Å². The van der Waals surface area contributed by atoms with Crippen LogP contribution in [0.5, 0.6) is 0 Å². The second kappa shape index (κ2) is 45.7. The Morgan fingerprint density at radius 3 is 0.769 bits per heavy atom. The van der Waals surface area contributed by atoms with Crippen molar-refractivity contribution in [1.29, 1.82) is 0 Å². The minimum atomic E-state index is 0. The van der Waals surface area contributed by atoms with E-state index in [9.17, 15) is 0 Å². The molecule has 0 atom stereocenters. The van der Waals surface area contributed by atoms with Crippen LogP contribution >= 0.6 is 0 Å².